The number of fused-ring (bicyclic) bond motifs is 1. The molecule has 2 aromatic heterocycles. The number of rotatable bonds is 5. The van der Waals surface area contributed by atoms with E-state index in [2.05, 4.69) is 20.3 Å². The van der Waals surface area contributed by atoms with Crippen molar-refractivity contribution in [2.24, 2.45) is 0 Å². The van der Waals surface area contributed by atoms with Crippen molar-refractivity contribution >= 4 is 28.5 Å². The topological polar surface area (TPSA) is 53.6 Å². The standard InChI is InChI=1S/C20H21F3N4S/c21-20(22,23)18-11-15(8-9-24-18)28-12-19-26-16-7-6-14(10-17(16)27-19)25-13-4-2-1-3-5-13/h6-11,13,25H,1-5,12H2,(H,26,27). The van der Waals surface area contributed by atoms with Gasteiger partial charge in [-0.05, 0) is 43.2 Å². The van der Waals surface area contributed by atoms with Gasteiger partial charge in [0.2, 0.25) is 0 Å². The van der Waals surface area contributed by atoms with Gasteiger partial charge in [-0.15, -0.1) is 11.8 Å². The Morgan fingerprint density at radius 2 is 1.93 bits per heavy atom. The van der Waals surface area contributed by atoms with Crippen molar-refractivity contribution in [1.29, 1.82) is 0 Å². The minimum absolute atomic E-state index is 0.460. The molecule has 0 bridgehead atoms. The quantitative estimate of drug-likeness (QED) is 0.509. The molecule has 4 nitrogen and oxygen atoms in total. The summed E-state index contributed by atoms with van der Waals surface area (Å²) in [6.45, 7) is 0. The Morgan fingerprint density at radius 3 is 2.71 bits per heavy atom. The van der Waals surface area contributed by atoms with Crippen LogP contribution in [0.25, 0.3) is 11.0 Å². The third-order valence-electron chi connectivity index (χ3n) is 4.91. The van der Waals surface area contributed by atoms with Crippen molar-refractivity contribution in [1.82, 2.24) is 15.0 Å². The maximum absolute atomic E-state index is 12.8. The van der Waals surface area contributed by atoms with E-state index in [-0.39, 0.29) is 0 Å². The number of nitrogens with zero attached hydrogens (tertiary/aromatic N) is 2. The van der Waals surface area contributed by atoms with Gasteiger partial charge in [-0.2, -0.15) is 13.2 Å². The summed E-state index contributed by atoms with van der Waals surface area (Å²) < 4.78 is 38.3. The van der Waals surface area contributed by atoms with Crippen LogP contribution in [0.3, 0.4) is 0 Å². The molecule has 28 heavy (non-hydrogen) atoms. The van der Waals surface area contributed by atoms with Crippen LogP contribution in [0.2, 0.25) is 0 Å². The van der Waals surface area contributed by atoms with Crippen LogP contribution < -0.4 is 5.32 Å². The first-order valence-electron chi connectivity index (χ1n) is 9.38. The van der Waals surface area contributed by atoms with Crippen LogP contribution in [0.1, 0.15) is 43.6 Å². The maximum atomic E-state index is 12.8. The number of H-pyrrole nitrogens is 1. The minimum Gasteiger partial charge on any atom is -0.382 e. The first kappa shape index (κ1) is 19.1. The van der Waals surface area contributed by atoms with Gasteiger partial charge >= 0.3 is 6.18 Å². The molecule has 1 aromatic carbocycles. The molecule has 0 saturated heterocycles. The van der Waals surface area contributed by atoms with E-state index in [1.807, 2.05) is 18.2 Å². The molecule has 1 aliphatic carbocycles. The largest absolute Gasteiger partial charge is 0.433 e. The molecule has 0 atom stereocenters. The molecular weight excluding hydrogens is 385 g/mol. The van der Waals surface area contributed by atoms with Crippen molar-refractivity contribution in [2.45, 2.75) is 55.0 Å². The zero-order chi connectivity index (χ0) is 19.6. The monoisotopic (exact) mass is 406 g/mol. The number of alkyl halides is 3. The number of aromatic amines is 1. The van der Waals surface area contributed by atoms with E-state index in [9.17, 15) is 13.2 Å². The van der Waals surface area contributed by atoms with Gasteiger partial charge in [-0.1, -0.05) is 19.3 Å². The Bertz CT molecular complexity index is 948. The first-order chi connectivity index (χ1) is 13.5. The molecule has 0 aliphatic heterocycles. The molecule has 2 N–H and O–H groups in total. The van der Waals surface area contributed by atoms with Gasteiger partial charge in [0, 0.05) is 22.8 Å². The van der Waals surface area contributed by atoms with Gasteiger partial charge in [0.15, 0.2) is 0 Å². The number of halogens is 3. The molecule has 1 saturated carbocycles. The highest BCUT2D eigenvalue weighted by molar-refractivity contribution is 7.98. The summed E-state index contributed by atoms with van der Waals surface area (Å²) in [5, 5.41) is 3.59. The maximum Gasteiger partial charge on any atom is 0.433 e. The fourth-order valence-corrected chi connectivity index (χ4v) is 4.30. The fraction of sp³-hybridized carbons (Fsp3) is 0.400. The van der Waals surface area contributed by atoms with E-state index in [4.69, 9.17) is 0 Å². The van der Waals surface area contributed by atoms with Gasteiger partial charge in [0.1, 0.15) is 11.5 Å². The smallest absolute Gasteiger partial charge is 0.382 e. The SMILES string of the molecule is FC(F)(F)c1cc(SCc2nc3cc(NC4CCCCC4)ccc3[nH]2)ccn1. The van der Waals surface area contributed by atoms with Crippen molar-refractivity contribution in [3.8, 4) is 0 Å². The Kier molecular flexibility index (Phi) is 5.48. The zero-order valence-corrected chi connectivity index (χ0v) is 16.0. The Hall–Kier alpha value is -2.22. The predicted molar refractivity (Wildman–Crippen MR) is 105 cm³/mol. The molecule has 8 heteroatoms. The lowest BCUT2D eigenvalue weighted by Crippen LogP contribution is -2.22. The molecule has 148 valence electrons. The van der Waals surface area contributed by atoms with Crippen molar-refractivity contribution in [3.05, 3.63) is 48.0 Å². The number of hydrogen-bond acceptors (Lipinski definition) is 4. The predicted octanol–water partition coefficient (Wildman–Crippen LogP) is 6.01. The lowest BCUT2D eigenvalue weighted by Gasteiger charge is -2.23. The van der Waals surface area contributed by atoms with E-state index >= 15 is 0 Å². The number of benzene rings is 1. The molecule has 3 aromatic rings. The number of imidazole rings is 1. The average molecular weight is 406 g/mol. The van der Waals surface area contributed by atoms with Crippen LogP contribution in [0.4, 0.5) is 18.9 Å². The van der Waals surface area contributed by atoms with Crippen LogP contribution >= 0.6 is 11.8 Å². The molecule has 0 spiro atoms. The van der Waals surface area contributed by atoms with Gasteiger partial charge in [0.05, 0.1) is 16.8 Å². The van der Waals surface area contributed by atoms with Gasteiger partial charge in [-0.3, -0.25) is 4.98 Å². The molecule has 1 aliphatic rings. The minimum atomic E-state index is -4.43. The number of pyridine rings is 1. The van der Waals surface area contributed by atoms with Crippen LogP contribution in [0, 0.1) is 0 Å². The van der Waals surface area contributed by atoms with Crippen LogP contribution in [0.15, 0.2) is 41.4 Å². The second-order valence-electron chi connectivity index (χ2n) is 7.06. The summed E-state index contributed by atoms with van der Waals surface area (Å²) in [7, 11) is 0. The summed E-state index contributed by atoms with van der Waals surface area (Å²) in [6.07, 6.45) is 3.02. The average Bonchev–Trinajstić information content (AvgIpc) is 3.09. The number of aromatic nitrogens is 3. The third kappa shape index (κ3) is 4.60. The number of hydrogen-bond donors (Lipinski definition) is 2. The summed E-state index contributed by atoms with van der Waals surface area (Å²) in [5.74, 6) is 1.20. The summed E-state index contributed by atoms with van der Waals surface area (Å²) in [6, 6.07) is 9.24. The van der Waals surface area contributed by atoms with E-state index in [0.717, 1.165) is 28.6 Å². The lowest BCUT2D eigenvalue weighted by molar-refractivity contribution is -0.141. The van der Waals surface area contributed by atoms with Crippen molar-refractivity contribution in [3.63, 3.8) is 0 Å². The van der Waals surface area contributed by atoms with Gasteiger partial charge in [-0.25, -0.2) is 4.98 Å². The molecule has 2 heterocycles. The molecule has 1 fully saturated rings. The fourth-order valence-electron chi connectivity index (χ4n) is 3.51. The second kappa shape index (κ2) is 8.03. The summed E-state index contributed by atoms with van der Waals surface area (Å²) >= 11 is 1.30. The van der Waals surface area contributed by atoms with Crippen molar-refractivity contribution < 1.29 is 13.2 Å². The Morgan fingerprint density at radius 1 is 1.11 bits per heavy atom. The van der Waals surface area contributed by atoms with E-state index in [1.165, 1.54) is 50.1 Å². The number of nitrogens with one attached hydrogen (secondary N) is 2. The number of thioether (sulfide) groups is 1. The van der Waals surface area contributed by atoms with Gasteiger partial charge < -0.3 is 10.3 Å². The summed E-state index contributed by atoms with van der Waals surface area (Å²) in [5.41, 5.74) is 1.98. The molecule has 4 rings (SSSR count). The zero-order valence-electron chi connectivity index (χ0n) is 15.2. The highest BCUT2D eigenvalue weighted by Gasteiger charge is 2.32. The molecule has 0 radical (unpaired) electrons. The highest BCUT2D eigenvalue weighted by atomic mass is 32.2. The summed E-state index contributed by atoms with van der Waals surface area (Å²) in [4.78, 5) is 11.7. The van der Waals surface area contributed by atoms with Crippen LogP contribution in [-0.2, 0) is 11.9 Å². The van der Waals surface area contributed by atoms with Crippen LogP contribution in [-0.4, -0.2) is 21.0 Å². The molecular formula is C20H21F3N4S. The Labute approximate surface area is 165 Å². The molecule has 0 amide bonds. The van der Waals surface area contributed by atoms with E-state index in [1.54, 1.807) is 6.07 Å². The van der Waals surface area contributed by atoms with Crippen molar-refractivity contribution in [2.75, 3.05) is 5.32 Å². The third-order valence-corrected chi connectivity index (χ3v) is 5.91. The second-order valence-corrected chi connectivity index (χ2v) is 8.11. The normalized spacial score (nSPS) is 15.8. The van der Waals surface area contributed by atoms with E-state index in [0.29, 0.717) is 16.7 Å². The highest BCUT2D eigenvalue weighted by Crippen LogP contribution is 2.31. The lowest BCUT2D eigenvalue weighted by atomic mass is 9.95. The Balaban J connectivity index is 1.43. The number of anilines is 1. The first-order valence-corrected chi connectivity index (χ1v) is 10.4. The molecule has 0 unspecified atom stereocenters. The van der Waals surface area contributed by atoms with Crippen LogP contribution in [0.5, 0.6) is 0 Å². The van der Waals surface area contributed by atoms with Gasteiger partial charge in [0.25, 0.3) is 0 Å². The van der Waals surface area contributed by atoms with E-state index < -0.39 is 11.9 Å².